The van der Waals surface area contributed by atoms with Gasteiger partial charge in [-0.25, -0.2) is 0 Å². The Labute approximate surface area is 128 Å². The van der Waals surface area contributed by atoms with Crippen molar-refractivity contribution in [2.75, 3.05) is 44.8 Å². The van der Waals surface area contributed by atoms with Crippen LogP contribution in [0, 0.1) is 5.41 Å². The van der Waals surface area contributed by atoms with E-state index in [0.717, 1.165) is 26.2 Å². The van der Waals surface area contributed by atoms with Gasteiger partial charge in [-0.2, -0.15) is 0 Å². The van der Waals surface area contributed by atoms with E-state index < -0.39 is 0 Å². The van der Waals surface area contributed by atoms with Gasteiger partial charge in [0.25, 0.3) is 0 Å². The van der Waals surface area contributed by atoms with E-state index in [4.69, 9.17) is 4.74 Å². The molecule has 0 unspecified atom stereocenters. The van der Waals surface area contributed by atoms with E-state index in [9.17, 15) is 0 Å². The van der Waals surface area contributed by atoms with Crippen LogP contribution < -0.4 is 10.2 Å². The summed E-state index contributed by atoms with van der Waals surface area (Å²) in [6.07, 6.45) is 6.28. The summed E-state index contributed by atoms with van der Waals surface area (Å²) in [7, 11) is 1.85. The average Bonchev–Trinajstić information content (AvgIpc) is 2.71. The number of hydrogen-bond donors (Lipinski definition) is 1. The lowest BCUT2D eigenvalue weighted by Gasteiger charge is -2.42. The summed E-state index contributed by atoms with van der Waals surface area (Å²) in [6, 6.07) is 8.97. The summed E-state index contributed by atoms with van der Waals surface area (Å²) < 4.78 is 5.59. The molecule has 1 fully saturated rings. The SMILES string of the molecule is COCC1(CN2CCCCc3ccccc32)CCNCC1. The van der Waals surface area contributed by atoms with E-state index in [1.807, 2.05) is 7.11 Å². The zero-order valence-electron chi connectivity index (χ0n) is 13.2. The topological polar surface area (TPSA) is 24.5 Å². The summed E-state index contributed by atoms with van der Waals surface area (Å²) in [5.74, 6) is 0. The molecule has 2 aliphatic rings. The third-order valence-electron chi connectivity index (χ3n) is 5.10. The molecule has 0 radical (unpaired) electrons. The Hall–Kier alpha value is -1.06. The largest absolute Gasteiger partial charge is 0.384 e. The van der Waals surface area contributed by atoms with Gasteiger partial charge in [-0.1, -0.05) is 18.2 Å². The molecule has 0 aliphatic carbocycles. The Bertz CT molecular complexity index is 449. The lowest BCUT2D eigenvalue weighted by molar-refractivity contribution is 0.0588. The van der Waals surface area contributed by atoms with E-state index in [1.165, 1.54) is 49.9 Å². The van der Waals surface area contributed by atoms with Crippen LogP contribution in [0.3, 0.4) is 0 Å². The maximum Gasteiger partial charge on any atom is 0.0536 e. The third kappa shape index (κ3) is 3.41. The fourth-order valence-corrected chi connectivity index (χ4v) is 3.95. The van der Waals surface area contributed by atoms with Gasteiger partial charge in [-0.3, -0.25) is 0 Å². The molecule has 0 aromatic heterocycles. The van der Waals surface area contributed by atoms with Crippen molar-refractivity contribution in [1.29, 1.82) is 0 Å². The average molecular weight is 288 g/mol. The first kappa shape index (κ1) is 14.9. The van der Waals surface area contributed by atoms with E-state index >= 15 is 0 Å². The van der Waals surface area contributed by atoms with Crippen molar-refractivity contribution < 1.29 is 4.74 Å². The van der Waals surface area contributed by atoms with Crippen molar-refractivity contribution in [1.82, 2.24) is 5.32 Å². The molecular formula is C18H28N2O. The van der Waals surface area contributed by atoms with E-state index in [1.54, 1.807) is 0 Å². The predicted octanol–water partition coefficient (Wildman–Crippen LogP) is 2.85. The molecule has 0 amide bonds. The van der Waals surface area contributed by atoms with Gasteiger partial charge in [0.2, 0.25) is 0 Å². The van der Waals surface area contributed by atoms with Crippen molar-refractivity contribution >= 4 is 5.69 Å². The molecular weight excluding hydrogens is 260 g/mol. The van der Waals surface area contributed by atoms with Crippen molar-refractivity contribution in [3.8, 4) is 0 Å². The van der Waals surface area contributed by atoms with Crippen LogP contribution in [0.15, 0.2) is 24.3 Å². The lowest BCUT2D eigenvalue weighted by Crippen LogP contribution is -2.47. The highest BCUT2D eigenvalue weighted by Gasteiger charge is 2.34. The monoisotopic (exact) mass is 288 g/mol. The number of rotatable bonds is 4. The number of ether oxygens (including phenoxy) is 1. The van der Waals surface area contributed by atoms with Crippen LogP contribution in [-0.4, -0.2) is 39.9 Å². The van der Waals surface area contributed by atoms with Crippen LogP contribution in [0.5, 0.6) is 0 Å². The second kappa shape index (κ2) is 6.80. The van der Waals surface area contributed by atoms with Crippen molar-refractivity contribution in [2.45, 2.75) is 32.1 Å². The normalized spacial score (nSPS) is 21.7. The Morgan fingerprint density at radius 2 is 2.00 bits per heavy atom. The Morgan fingerprint density at radius 1 is 1.19 bits per heavy atom. The minimum Gasteiger partial charge on any atom is -0.384 e. The third-order valence-corrected chi connectivity index (χ3v) is 5.10. The fourth-order valence-electron chi connectivity index (χ4n) is 3.95. The molecule has 3 rings (SSSR count). The fraction of sp³-hybridized carbons (Fsp3) is 0.667. The first-order chi connectivity index (χ1) is 10.3. The molecule has 1 saturated heterocycles. The number of methoxy groups -OCH3 is 1. The van der Waals surface area contributed by atoms with Crippen LogP contribution >= 0.6 is 0 Å². The molecule has 0 bridgehead atoms. The van der Waals surface area contributed by atoms with Crippen LogP contribution in [-0.2, 0) is 11.2 Å². The Morgan fingerprint density at radius 3 is 2.81 bits per heavy atom. The Kier molecular flexibility index (Phi) is 4.81. The van der Waals surface area contributed by atoms with Crippen molar-refractivity contribution in [3.63, 3.8) is 0 Å². The molecule has 21 heavy (non-hydrogen) atoms. The highest BCUT2D eigenvalue weighted by atomic mass is 16.5. The standard InChI is InChI=1S/C18H28N2O/c1-21-15-18(9-11-19-12-10-18)14-20-13-5-4-7-16-6-2-3-8-17(16)20/h2-3,6,8,19H,4-5,7,9-15H2,1H3. The number of piperidine rings is 1. The van der Waals surface area contributed by atoms with Gasteiger partial charge in [-0.05, 0) is 56.8 Å². The van der Waals surface area contributed by atoms with Gasteiger partial charge in [0, 0.05) is 31.3 Å². The predicted molar refractivity (Wildman–Crippen MR) is 88.0 cm³/mol. The minimum absolute atomic E-state index is 0.317. The van der Waals surface area contributed by atoms with Crippen LogP contribution in [0.4, 0.5) is 5.69 Å². The smallest absolute Gasteiger partial charge is 0.0536 e. The highest BCUT2D eigenvalue weighted by Crippen LogP contribution is 2.34. The van der Waals surface area contributed by atoms with Gasteiger partial charge in [0.15, 0.2) is 0 Å². The van der Waals surface area contributed by atoms with Gasteiger partial charge in [0.05, 0.1) is 6.61 Å². The number of anilines is 1. The number of para-hydroxylation sites is 1. The van der Waals surface area contributed by atoms with Crippen LogP contribution in [0.1, 0.15) is 31.2 Å². The van der Waals surface area contributed by atoms with Gasteiger partial charge in [0.1, 0.15) is 0 Å². The number of aryl methyl sites for hydroxylation is 1. The molecule has 116 valence electrons. The molecule has 1 aromatic carbocycles. The zero-order chi connectivity index (χ0) is 14.5. The van der Waals surface area contributed by atoms with Crippen molar-refractivity contribution in [3.05, 3.63) is 29.8 Å². The van der Waals surface area contributed by atoms with Gasteiger partial charge in [-0.15, -0.1) is 0 Å². The molecule has 2 aliphatic heterocycles. The number of benzene rings is 1. The van der Waals surface area contributed by atoms with Crippen LogP contribution in [0.25, 0.3) is 0 Å². The second-order valence-electron chi connectivity index (χ2n) is 6.69. The molecule has 1 aromatic rings. The molecule has 3 nitrogen and oxygen atoms in total. The number of nitrogens with zero attached hydrogens (tertiary/aromatic N) is 1. The number of hydrogen-bond acceptors (Lipinski definition) is 3. The first-order valence-electron chi connectivity index (χ1n) is 8.36. The highest BCUT2D eigenvalue weighted by molar-refractivity contribution is 5.54. The summed E-state index contributed by atoms with van der Waals surface area (Å²) in [4.78, 5) is 2.63. The molecule has 2 heterocycles. The second-order valence-corrected chi connectivity index (χ2v) is 6.69. The lowest BCUT2D eigenvalue weighted by atomic mass is 9.79. The minimum atomic E-state index is 0.317. The van der Waals surface area contributed by atoms with Gasteiger partial charge >= 0.3 is 0 Å². The number of nitrogens with one attached hydrogen (secondary N) is 1. The maximum atomic E-state index is 5.59. The first-order valence-corrected chi connectivity index (χ1v) is 8.36. The summed E-state index contributed by atoms with van der Waals surface area (Å²) >= 11 is 0. The van der Waals surface area contributed by atoms with E-state index in [0.29, 0.717) is 5.41 Å². The maximum absolute atomic E-state index is 5.59. The quantitative estimate of drug-likeness (QED) is 0.922. The molecule has 0 atom stereocenters. The molecule has 3 heteroatoms. The summed E-state index contributed by atoms with van der Waals surface area (Å²) in [6.45, 7) is 5.46. The van der Waals surface area contributed by atoms with E-state index in [2.05, 4.69) is 34.5 Å². The van der Waals surface area contributed by atoms with Gasteiger partial charge < -0.3 is 15.0 Å². The van der Waals surface area contributed by atoms with E-state index in [-0.39, 0.29) is 0 Å². The van der Waals surface area contributed by atoms with Crippen LogP contribution in [0.2, 0.25) is 0 Å². The van der Waals surface area contributed by atoms with Crippen molar-refractivity contribution in [2.24, 2.45) is 5.41 Å². The number of fused-ring (bicyclic) bond motifs is 1. The molecule has 0 spiro atoms. The summed E-state index contributed by atoms with van der Waals surface area (Å²) in [5.41, 5.74) is 3.30. The zero-order valence-corrected chi connectivity index (χ0v) is 13.2. The molecule has 0 saturated carbocycles. The Balaban J connectivity index is 1.81. The summed E-state index contributed by atoms with van der Waals surface area (Å²) in [5, 5.41) is 3.49. The molecule has 1 N–H and O–H groups in total.